The van der Waals surface area contributed by atoms with Crippen LogP contribution in [-0.2, 0) is 11.2 Å². The number of H-pyrrole nitrogens is 1. The van der Waals surface area contributed by atoms with E-state index in [-0.39, 0.29) is 5.91 Å². The van der Waals surface area contributed by atoms with Gasteiger partial charge in [-0.1, -0.05) is 23.7 Å². The van der Waals surface area contributed by atoms with Gasteiger partial charge in [0.2, 0.25) is 5.91 Å². The lowest BCUT2D eigenvalue weighted by atomic mass is 10.1. The summed E-state index contributed by atoms with van der Waals surface area (Å²) in [7, 11) is 0. The summed E-state index contributed by atoms with van der Waals surface area (Å²) in [4.78, 5) is 15.8. The topological polar surface area (TPSA) is 44.9 Å². The summed E-state index contributed by atoms with van der Waals surface area (Å²) >= 11 is 6.09. The zero-order valence-electron chi connectivity index (χ0n) is 13.5. The highest BCUT2D eigenvalue weighted by Gasteiger charge is 2.13. The number of amides is 1. The molecule has 0 spiro atoms. The van der Waals surface area contributed by atoms with Gasteiger partial charge in [-0.15, -0.1) is 0 Å². The zero-order valence-corrected chi connectivity index (χ0v) is 14.2. The molecular formula is C19H19ClN2O. The van der Waals surface area contributed by atoms with Crippen molar-refractivity contribution in [2.75, 3.05) is 5.32 Å². The minimum Gasteiger partial charge on any atom is -0.358 e. The molecule has 23 heavy (non-hydrogen) atoms. The Balaban J connectivity index is 1.87. The largest absolute Gasteiger partial charge is 0.358 e. The molecule has 1 aromatic heterocycles. The van der Waals surface area contributed by atoms with E-state index in [9.17, 15) is 4.79 Å². The molecule has 0 aliphatic heterocycles. The number of benzene rings is 2. The Morgan fingerprint density at radius 2 is 1.91 bits per heavy atom. The van der Waals surface area contributed by atoms with Crippen LogP contribution in [0, 0.1) is 20.8 Å². The number of hydrogen-bond donors (Lipinski definition) is 2. The first kappa shape index (κ1) is 15.6. The number of nitrogens with one attached hydrogen (secondary N) is 2. The van der Waals surface area contributed by atoms with Crippen molar-refractivity contribution in [3.05, 3.63) is 63.8 Å². The summed E-state index contributed by atoms with van der Waals surface area (Å²) in [6.45, 7) is 5.99. The average molecular weight is 327 g/mol. The van der Waals surface area contributed by atoms with Crippen LogP contribution in [0.2, 0.25) is 5.02 Å². The van der Waals surface area contributed by atoms with Crippen LogP contribution in [0.15, 0.2) is 36.4 Å². The van der Waals surface area contributed by atoms with Crippen molar-refractivity contribution in [1.29, 1.82) is 0 Å². The third-order valence-electron chi connectivity index (χ3n) is 4.09. The van der Waals surface area contributed by atoms with Crippen LogP contribution >= 0.6 is 11.6 Å². The molecule has 118 valence electrons. The molecule has 0 saturated heterocycles. The van der Waals surface area contributed by atoms with Crippen molar-refractivity contribution in [3.63, 3.8) is 0 Å². The highest BCUT2D eigenvalue weighted by atomic mass is 35.5. The van der Waals surface area contributed by atoms with E-state index in [0.717, 1.165) is 39.0 Å². The smallest absolute Gasteiger partial charge is 0.228 e. The van der Waals surface area contributed by atoms with Gasteiger partial charge in [0.25, 0.3) is 0 Å². The molecule has 2 aromatic carbocycles. The minimum atomic E-state index is -0.0253. The minimum absolute atomic E-state index is 0.0253. The van der Waals surface area contributed by atoms with Gasteiger partial charge in [0, 0.05) is 27.3 Å². The Kier molecular flexibility index (Phi) is 4.14. The normalized spacial score (nSPS) is 11.0. The van der Waals surface area contributed by atoms with Gasteiger partial charge in [-0.3, -0.25) is 4.79 Å². The highest BCUT2D eigenvalue weighted by Crippen LogP contribution is 2.26. The molecule has 0 unspecified atom stereocenters. The maximum Gasteiger partial charge on any atom is 0.228 e. The molecule has 2 N–H and O–H groups in total. The molecule has 1 heterocycles. The lowest BCUT2D eigenvalue weighted by molar-refractivity contribution is -0.115. The number of rotatable bonds is 3. The molecule has 3 nitrogen and oxygen atoms in total. The van der Waals surface area contributed by atoms with Crippen LogP contribution in [0.3, 0.4) is 0 Å². The predicted octanol–water partition coefficient (Wildman–Crippen LogP) is 4.93. The summed E-state index contributed by atoms with van der Waals surface area (Å²) < 4.78 is 0. The van der Waals surface area contributed by atoms with E-state index in [4.69, 9.17) is 11.6 Å². The average Bonchev–Trinajstić information content (AvgIpc) is 2.79. The molecule has 0 aliphatic rings. The number of aromatic amines is 1. The fourth-order valence-electron chi connectivity index (χ4n) is 2.81. The highest BCUT2D eigenvalue weighted by molar-refractivity contribution is 6.31. The Bertz CT molecular complexity index is 896. The first-order valence-corrected chi connectivity index (χ1v) is 7.95. The molecule has 3 aromatic rings. The van der Waals surface area contributed by atoms with Gasteiger partial charge >= 0.3 is 0 Å². The zero-order chi connectivity index (χ0) is 16.6. The fraction of sp³-hybridized carbons (Fsp3) is 0.211. The van der Waals surface area contributed by atoms with Gasteiger partial charge in [0.05, 0.1) is 6.42 Å². The Morgan fingerprint density at radius 1 is 1.13 bits per heavy atom. The molecule has 0 fully saturated rings. The Morgan fingerprint density at radius 3 is 2.70 bits per heavy atom. The van der Waals surface area contributed by atoms with Crippen molar-refractivity contribution < 1.29 is 4.79 Å². The Hall–Kier alpha value is -2.26. The first-order valence-electron chi connectivity index (χ1n) is 7.58. The molecule has 0 aliphatic carbocycles. The fourth-order valence-corrected chi connectivity index (χ4v) is 2.98. The summed E-state index contributed by atoms with van der Waals surface area (Å²) in [5.74, 6) is -0.0253. The van der Waals surface area contributed by atoms with Crippen LogP contribution in [0.4, 0.5) is 5.69 Å². The number of hydrogen-bond acceptors (Lipinski definition) is 1. The summed E-state index contributed by atoms with van der Waals surface area (Å²) in [5, 5.41) is 4.69. The third-order valence-corrected chi connectivity index (χ3v) is 4.32. The van der Waals surface area contributed by atoms with E-state index in [1.54, 1.807) is 0 Å². The predicted molar refractivity (Wildman–Crippen MR) is 96.3 cm³/mol. The van der Waals surface area contributed by atoms with E-state index in [2.05, 4.69) is 10.3 Å². The van der Waals surface area contributed by atoms with E-state index >= 15 is 0 Å². The van der Waals surface area contributed by atoms with Crippen molar-refractivity contribution in [1.82, 2.24) is 4.98 Å². The van der Waals surface area contributed by atoms with E-state index in [1.165, 1.54) is 0 Å². The maximum absolute atomic E-state index is 12.5. The van der Waals surface area contributed by atoms with Gasteiger partial charge in [-0.05, 0) is 61.7 Å². The lowest BCUT2D eigenvalue weighted by Crippen LogP contribution is -2.15. The van der Waals surface area contributed by atoms with Crippen LogP contribution < -0.4 is 5.32 Å². The number of anilines is 1. The third kappa shape index (κ3) is 3.25. The van der Waals surface area contributed by atoms with E-state index < -0.39 is 0 Å². The molecule has 0 atom stereocenters. The summed E-state index contributed by atoms with van der Waals surface area (Å²) in [6.07, 6.45) is 0.319. The van der Waals surface area contributed by atoms with Gasteiger partial charge in [0.15, 0.2) is 0 Å². The molecule has 4 heteroatoms. The summed E-state index contributed by atoms with van der Waals surface area (Å²) in [5.41, 5.74) is 6.04. The standard InChI is InChI=1S/C19H19ClN2O/c1-11-4-5-12(2)18(8-11)22-19(23)10-15-13(3)21-17-7-6-14(20)9-16(15)17/h4-9,21H,10H2,1-3H3,(H,22,23). The SMILES string of the molecule is Cc1ccc(C)c(NC(=O)Cc2c(C)[nH]c3ccc(Cl)cc23)c1. The van der Waals surface area contributed by atoms with E-state index in [1.807, 2.05) is 57.2 Å². The maximum atomic E-state index is 12.5. The second kappa shape index (κ2) is 6.09. The van der Waals surface area contributed by atoms with Crippen molar-refractivity contribution in [2.24, 2.45) is 0 Å². The Labute approximate surface area is 140 Å². The van der Waals surface area contributed by atoms with Crippen LogP contribution in [-0.4, -0.2) is 10.9 Å². The molecule has 3 rings (SSSR count). The number of carbonyl (C=O) groups excluding carboxylic acids is 1. The van der Waals surface area contributed by atoms with Crippen molar-refractivity contribution in [3.8, 4) is 0 Å². The number of halogens is 1. The quantitative estimate of drug-likeness (QED) is 0.704. The first-order chi connectivity index (χ1) is 10.9. The number of aromatic nitrogens is 1. The molecule has 0 saturated carbocycles. The van der Waals surface area contributed by atoms with Crippen molar-refractivity contribution in [2.45, 2.75) is 27.2 Å². The van der Waals surface area contributed by atoms with Gasteiger partial charge < -0.3 is 10.3 Å². The number of aryl methyl sites for hydroxylation is 3. The molecular weight excluding hydrogens is 308 g/mol. The van der Waals surface area contributed by atoms with Gasteiger partial charge in [-0.2, -0.15) is 0 Å². The van der Waals surface area contributed by atoms with Crippen LogP contribution in [0.25, 0.3) is 10.9 Å². The van der Waals surface area contributed by atoms with Crippen LogP contribution in [0.1, 0.15) is 22.4 Å². The van der Waals surface area contributed by atoms with Gasteiger partial charge in [0.1, 0.15) is 0 Å². The van der Waals surface area contributed by atoms with Gasteiger partial charge in [-0.25, -0.2) is 0 Å². The lowest BCUT2D eigenvalue weighted by Gasteiger charge is -2.09. The number of fused-ring (bicyclic) bond motifs is 1. The molecule has 1 amide bonds. The van der Waals surface area contributed by atoms with E-state index in [0.29, 0.717) is 11.4 Å². The monoisotopic (exact) mass is 326 g/mol. The second-order valence-corrected chi connectivity index (χ2v) is 6.40. The van der Waals surface area contributed by atoms with Crippen LogP contribution in [0.5, 0.6) is 0 Å². The summed E-state index contributed by atoms with van der Waals surface area (Å²) in [6, 6.07) is 11.7. The van der Waals surface area contributed by atoms with Crippen molar-refractivity contribution >= 4 is 34.1 Å². The molecule has 0 radical (unpaired) electrons. The number of carbonyl (C=O) groups is 1. The second-order valence-electron chi connectivity index (χ2n) is 5.96. The molecule has 0 bridgehead atoms.